The number of para-hydroxylation sites is 1. The third-order valence-electron chi connectivity index (χ3n) is 5.01. The zero-order valence-corrected chi connectivity index (χ0v) is 19.2. The van der Waals surface area contributed by atoms with E-state index in [4.69, 9.17) is 26.2 Å². The second-order valence-electron chi connectivity index (χ2n) is 7.15. The van der Waals surface area contributed by atoms with E-state index in [-0.39, 0.29) is 10.6 Å². The van der Waals surface area contributed by atoms with Gasteiger partial charge in [-0.15, -0.1) is 0 Å². The Kier molecular flexibility index (Phi) is 6.79. The molecule has 172 valence electrons. The summed E-state index contributed by atoms with van der Waals surface area (Å²) in [4.78, 5) is 11.3. The van der Waals surface area contributed by atoms with Crippen molar-refractivity contribution in [1.29, 1.82) is 0 Å². The van der Waals surface area contributed by atoms with Crippen LogP contribution in [-0.4, -0.2) is 41.3 Å². The van der Waals surface area contributed by atoms with E-state index in [0.29, 0.717) is 22.9 Å². The second kappa shape index (κ2) is 10.1. The van der Waals surface area contributed by atoms with Gasteiger partial charge in [0.05, 0.1) is 42.4 Å². The van der Waals surface area contributed by atoms with E-state index >= 15 is 0 Å². The molecular weight excluding hydrogens is 456 g/mol. The lowest BCUT2D eigenvalue weighted by Crippen LogP contribution is -1.99. The van der Waals surface area contributed by atoms with Crippen LogP contribution in [0.25, 0.3) is 16.9 Å². The number of anilines is 1. The average molecular weight is 477 g/mol. The fourth-order valence-electron chi connectivity index (χ4n) is 3.34. The van der Waals surface area contributed by atoms with Gasteiger partial charge in [0.25, 0.3) is 0 Å². The zero-order chi connectivity index (χ0) is 24.1. The van der Waals surface area contributed by atoms with Crippen molar-refractivity contribution in [2.24, 2.45) is 5.10 Å². The molecule has 0 saturated carbocycles. The minimum Gasteiger partial charge on any atom is -0.493 e. The molecule has 0 fully saturated rings. The third-order valence-corrected chi connectivity index (χ3v) is 5.34. The Morgan fingerprint density at radius 1 is 1.06 bits per heavy atom. The van der Waals surface area contributed by atoms with Crippen molar-refractivity contribution in [2.75, 3.05) is 19.6 Å². The zero-order valence-electron chi connectivity index (χ0n) is 18.4. The summed E-state index contributed by atoms with van der Waals surface area (Å²) in [6.45, 7) is 0. The normalized spacial score (nSPS) is 10.9. The molecule has 1 aromatic heterocycles. The summed E-state index contributed by atoms with van der Waals surface area (Å²) in [6, 6.07) is 19.8. The van der Waals surface area contributed by atoms with Gasteiger partial charge in [0.15, 0.2) is 11.5 Å². The van der Waals surface area contributed by atoms with Gasteiger partial charge < -0.3 is 14.6 Å². The molecule has 4 rings (SSSR count). The molecule has 0 radical (unpaired) electrons. The number of carboxylic acids is 1. The van der Waals surface area contributed by atoms with Gasteiger partial charge >= 0.3 is 5.97 Å². The van der Waals surface area contributed by atoms with Gasteiger partial charge in [-0.1, -0.05) is 29.8 Å². The topological polar surface area (TPSA) is 98.0 Å². The van der Waals surface area contributed by atoms with Gasteiger partial charge in [0.1, 0.15) is 5.69 Å². The smallest absolute Gasteiger partial charge is 0.337 e. The first-order valence-electron chi connectivity index (χ1n) is 10.2. The number of nitrogens with zero attached hydrogens (tertiary/aromatic N) is 3. The van der Waals surface area contributed by atoms with Crippen molar-refractivity contribution < 1.29 is 19.4 Å². The number of aromatic carboxylic acids is 1. The highest BCUT2D eigenvalue weighted by Crippen LogP contribution is 2.33. The number of aromatic nitrogens is 2. The molecular formula is C25H21ClN4O4. The molecule has 4 aromatic rings. The molecule has 0 spiro atoms. The number of hydrazone groups is 1. The number of nitrogens with one attached hydrogen (secondary N) is 1. The summed E-state index contributed by atoms with van der Waals surface area (Å²) < 4.78 is 12.5. The van der Waals surface area contributed by atoms with Gasteiger partial charge in [0.2, 0.25) is 0 Å². The van der Waals surface area contributed by atoms with Gasteiger partial charge in [-0.3, -0.25) is 5.43 Å². The summed E-state index contributed by atoms with van der Waals surface area (Å²) in [5.74, 6) is 0.0812. The van der Waals surface area contributed by atoms with Crippen molar-refractivity contribution in [3.8, 4) is 28.4 Å². The Morgan fingerprint density at radius 2 is 1.82 bits per heavy atom. The molecule has 0 aliphatic heterocycles. The highest BCUT2D eigenvalue weighted by molar-refractivity contribution is 6.33. The summed E-state index contributed by atoms with van der Waals surface area (Å²) in [7, 11) is 3.16. The highest BCUT2D eigenvalue weighted by Gasteiger charge is 2.14. The largest absolute Gasteiger partial charge is 0.493 e. The number of methoxy groups -OCH3 is 2. The number of benzene rings is 3. The van der Waals surface area contributed by atoms with Gasteiger partial charge in [0, 0.05) is 17.3 Å². The molecule has 0 saturated heterocycles. The molecule has 3 aromatic carbocycles. The van der Waals surface area contributed by atoms with Crippen LogP contribution in [0.1, 0.15) is 15.9 Å². The van der Waals surface area contributed by atoms with Gasteiger partial charge in [-0.05, 0) is 48.5 Å². The molecule has 0 bridgehead atoms. The summed E-state index contributed by atoms with van der Waals surface area (Å²) >= 11 is 5.94. The quantitative estimate of drug-likeness (QED) is 0.262. The second-order valence-corrected chi connectivity index (χ2v) is 7.56. The van der Waals surface area contributed by atoms with Crippen LogP contribution in [0.15, 0.2) is 78.0 Å². The molecule has 0 atom stereocenters. The Labute approximate surface area is 201 Å². The first-order valence-corrected chi connectivity index (χ1v) is 10.6. The van der Waals surface area contributed by atoms with Crippen LogP contribution in [0, 0.1) is 0 Å². The van der Waals surface area contributed by atoms with Crippen LogP contribution < -0.4 is 14.9 Å². The predicted octanol–water partition coefficient (Wildman–Crippen LogP) is 5.35. The van der Waals surface area contributed by atoms with Crippen LogP contribution in [0.3, 0.4) is 0 Å². The monoisotopic (exact) mass is 476 g/mol. The van der Waals surface area contributed by atoms with E-state index in [1.165, 1.54) is 12.1 Å². The maximum atomic E-state index is 11.3. The van der Waals surface area contributed by atoms with Gasteiger partial charge in [-0.2, -0.15) is 10.2 Å². The summed E-state index contributed by atoms with van der Waals surface area (Å²) in [5, 5.41) is 18.5. The SMILES string of the molecule is COc1ccc(-c2nn(-c3ccccc3)cc2C=NNc2ccc(Cl)c(C(=O)O)c2)cc1OC. The Morgan fingerprint density at radius 3 is 2.53 bits per heavy atom. The summed E-state index contributed by atoms with van der Waals surface area (Å²) in [5.41, 5.74) is 6.44. The molecule has 0 amide bonds. The average Bonchev–Trinajstić information content (AvgIpc) is 3.29. The minimum absolute atomic E-state index is 0.00946. The van der Waals surface area contributed by atoms with Crippen molar-refractivity contribution in [3.63, 3.8) is 0 Å². The van der Waals surface area contributed by atoms with Crippen molar-refractivity contribution in [3.05, 3.63) is 89.1 Å². The molecule has 0 aliphatic carbocycles. The maximum Gasteiger partial charge on any atom is 0.337 e. The highest BCUT2D eigenvalue weighted by atomic mass is 35.5. The predicted molar refractivity (Wildman–Crippen MR) is 132 cm³/mol. The minimum atomic E-state index is -1.11. The molecule has 34 heavy (non-hydrogen) atoms. The van der Waals surface area contributed by atoms with E-state index in [9.17, 15) is 9.90 Å². The molecule has 2 N–H and O–H groups in total. The number of halogens is 1. The van der Waals surface area contributed by atoms with Crippen LogP contribution >= 0.6 is 11.6 Å². The first-order chi connectivity index (χ1) is 16.5. The number of hydrogen-bond acceptors (Lipinski definition) is 6. The van der Waals surface area contributed by atoms with E-state index in [1.807, 2.05) is 54.7 Å². The standard InChI is InChI=1S/C25H21ClN4O4/c1-33-22-11-8-16(12-23(22)34-2)24-17(15-30(29-24)19-6-4-3-5-7-19)14-27-28-18-9-10-21(26)20(13-18)25(31)32/h3-15,28H,1-2H3,(H,31,32). The molecule has 0 aliphatic rings. The Balaban J connectivity index is 1.71. The third kappa shape index (κ3) is 4.87. The fraction of sp³-hybridized carbons (Fsp3) is 0.0800. The van der Waals surface area contributed by atoms with Crippen molar-refractivity contribution in [2.45, 2.75) is 0 Å². The van der Waals surface area contributed by atoms with Crippen molar-refractivity contribution >= 4 is 29.5 Å². The summed E-state index contributed by atoms with van der Waals surface area (Å²) in [6.07, 6.45) is 3.48. The number of rotatable bonds is 8. The van der Waals surface area contributed by atoms with E-state index in [2.05, 4.69) is 10.5 Å². The number of carboxylic acid groups (broad SMARTS) is 1. The van der Waals surface area contributed by atoms with E-state index in [0.717, 1.165) is 16.8 Å². The van der Waals surface area contributed by atoms with E-state index in [1.54, 1.807) is 31.2 Å². The van der Waals surface area contributed by atoms with Crippen LogP contribution in [0.4, 0.5) is 5.69 Å². The molecule has 8 nitrogen and oxygen atoms in total. The maximum absolute atomic E-state index is 11.3. The van der Waals surface area contributed by atoms with Crippen molar-refractivity contribution in [1.82, 2.24) is 9.78 Å². The van der Waals surface area contributed by atoms with Crippen LogP contribution in [0.2, 0.25) is 5.02 Å². The van der Waals surface area contributed by atoms with Crippen LogP contribution in [-0.2, 0) is 0 Å². The molecule has 1 heterocycles. The first kappa shape index (κ1) is 22.9. The van der Waals surface area contributed by atoms with Crippen LogP contribution in [0.5, 0.6) is 11.5 Å². The fourth-order valence-corrected chi connectivity index (χ4v) is 3.54. The number of carbonyl (C=O) groups is 1. The van der Waals surface area contributed by atoms with E-state index < -0.39 is 5.97 Å². The Hall–Kier alpha value is -4.30. The van der Waals surface area contributed by atoms with Gasteiger partial charge in [-0.25, -0.2) is 9.48 Å². The lowest BCUT2D eigenvalue weighted by molar-refractivity contribution is 0.0697. The lowest BCUT2D eigenvalue weighted by Gasteiger charge is -2.09. The molecule has 0 unspecified atom stereocenters. The number of ether oxygens (including phenoxy) is 2. The molecule has 9 heteroatoms. The Bertz CT molecular complexity index is 1350. The lowest BCUT2D eigenvalue weighted by atomic mass is 10.1. The number of hydrogen-bond donors (Lipinski definition) is 2.